The number of carbonyl (C=O) groups excluding carboxylic acids is 1. The van der Waals surface area contributed by atoms with E-state index in [1.54, 1.807) is 0 Å². The zero-order valence-electron chi connectivity index (χ0n) is 24.5. The van der Waals surface area contributed by atoms with Gasteiger partial charge in [0.15, 0.2) is 0 Å². The van der Waals surface area contributed by atoms with Crippen molar-refractivity contribution in [2.75, 3.05) is 26.4 Å². The Morgan fingerprint density at radius 1 is 0.947 bits per heavy atom. The number of likely N-dealkylation sites (tertiary alicyclic amines) is 1. The summed E-state index contributed by atoms with van der Waals surface area (Å²) in [5.74, 6) is 2.56. The molecule has 4 aliphatic carbocycles. The monoisotopic (exact) mass is 558 g/mol. The third kappa shape index (κ3) is 7.64. The Morgan fingerprint density at radius 3 is 2.05 bits per heavy atom. The van der Waals surface area contributed by atoms with Gasteiger partial charge < -0.3 is 25.4 Å². The molecule has 1 heterocycles. The molecule has 38 heavy (non-hydrogen) atoms. The molecular formula is C30H55ClN2O5. The predicted octanol–water partition coefficient (Wildman–Crippen LogP) is 3.91. The van der Waals surface area contributed by atoms with Gasteiger partial charge >= 0.3 is 0 Å². The summed E-state index contributed by atoms with van der Waals surface area (Å²) in [5.41, 5.74) is 0.0406. The zero-order valence-corrected chi connectivity index (χ0v) is 25.3. The lowest BCUT2D eigenvalue weighted by atomic mass is 9.50. The third-order valence-corrected chi connectivity index (χ3v) is 9.52. The number of halogens is 1. The fourth-order valence-electron chi connectivity index (χ4n) is 9.04. The normalized spacial score (nSPS) is 36.9. The van der Waals surface area contributed by atoms with E-state index < -0.39 is 29.8 Å². The van der Waals surface area contributed by atoms with Gasteiger partial charge in [0.2, 0.25) is 5.91 Å². The molecule has 1 aliphatic heterocycles. The van der Waals surface area contributed by atoms with Gasteiger partial charge in [0.05, 0.1) is 25.4 Å². The van der Waals surface area contributed by atoms with Crippen LogP contribution in [0.25, 0.3) is 0 Å². The van der Waals surface area contributed by atoms with Crippen LogP contribution in [0, 0.1) is 28.6 Å². The zero-order chi connectivity index (χ0) is 27.0. The number of aliphatic hydroxyl groups excluding tert-OH is 3. The van der Waals surface area contributed by atoms with Gasteiger partial charge in [-0.3, -0.25) is 9.69 Å². The highest BCUT2D eigenvalue weighted by Gasteiger charge is 2.52. The van der Waals surface area contributed by atoms with Gasteiger partial charge in [0.25, 0.3) is 0 Å². The number of hydrogen-bond donors (Lipinski definition) is 4. The van der Waals surface area contributed by atoms with Crippen LogP contribution < -0.4 is 5.32 Å². The molecule has 8 heteroatoms. The van der Waals surface area contributed by atoms with E-state index in [0.717, 1.165) is 56.7 Å². The molecule has 0 radical (unpaired) electrons. The molecule has 1 amide bonds. The number of unbranched alkanes of at least 4 members (excludes halogenated alkanes) is 2. The largest absolute Gasteiger partial charge is 0.395 e. The summed E-state index contributed by atoms with van der Waals surface area (Å²) < 4.78 is 6.22. The molecule has 7 nitrogen and oxygen atoms in total. The van der Waals surface area contributed by atoms with Gasteiger partial charge in [0, 0.05) is 12.1 Å². The maximum atomic E-state index is 13.3. The van der Waals surface area contributed by atoms with Crippen molar-refractivity contribution >= 4 is 18.3 Å². The second-order valence-corrected chi connectivity index (χ2v) is 15.1. The minimum atomic E-state index is -1.22. The second kappa shape index (κ2) is 12.6. The summed E-state index contributed by atoms with van der Waals surface area (Å²) in [6, 6.07) is -1.50. The Kier molecular flexibility index (Phi) is 10.6. The van der Waals surface area contributed by atoms with Crippen LogP contribution in [-0.2, 0) is 9.53 Å². The first-order valence-corrected chi connectivity index (χ1v) is 14.9. The Labute approximate surface area is 236 Å². The van der Waals surface area contributed by atoms with Crippen molar-refractivity contribution in [3.05, 3.63) is 0 Å². The highest BCUT2D eigenvalue weighted by molar-refractivity contribution is 5.85. The molecule has 0 aromatic carbocycles. The van der Waals surface area contributed by atoms with Gasteiger partial charge in [-0.2, -0.15) is 0 Å². The van der Waals surface area contributed by atoms with E-state index in [1.807, 2.05) is 18.7 Å². The van der Waals surface area contributed by atoms with Crippen LogP contribution in [0.15, 0.2) is 0 Å². The van der Waals surface area contributed by atoms with E-state index in [9.17, 15) is 20.1 Å². The van der Waals surface area contributed by atoms with E-state index in [2.05, 4.69) is 26.1 Å². The minimum absolute atomic E-state index is 0. The SMILES string of the molecule is CC(C)(C)CC(C)(C)NC(=O)[C@H]1[C@H](O)[C@@H](O)[C@H](CO)N1CCCCCOCC12CC3CC(CC(C3)C1)C2.Cl. The summed E-state index contributed by atoms with van der Waals surface area (Å²) in [5, 5.41) is 34.3. The number of nitrogens with zero attached hydrogens (tertiary/aromatic N) is 1. The fourth-order valence-corrected chi connectivity index (χ4v) is 9.04. The van der Waals surface area contributed by atoms with Crippen LogP contribution in [0.5, 0.6) is 0 Å². The second-order valence-electron chi connectivity index (χ2n) is 15.1. The lowest BCUT2D eigenvalue weighted by molar-refractivity contribution is -0.131. The number of rotatable bonds is 12. The van der Waals surface area contributed by atoms with E-state index >= 15 is 0 Å². The maximum absolute atomic E-state index is 13.3. The predicted molar refractivity (Wildman–Crippen MR) is 152 cm³/mol. The van der Waals surface area contributed by atoms with E-state index in [4.69, 9.17) is 4.74 Å². The molecule has 5 aliphatic rings. The summed E-state index contributed by atoms with van der Waals surface area (Å²) in [7, 11) is 0. The van der Waals surface area contributed by atoms with Crippen LogP contribution in [-0.4, -0.2) is 82.3 Å². The van der Waals surface area contributed by atoms with Gasteiger partial charge in [-0.05, 0) is 113 Å². The molecule has 4 bridgehead atoms. The average molecular weight is 559 g/mol. The lowest BCUT2D eigenvalue weighted by Crippen LogP contribution is -2.56. The maximum Gasteiger partial charge on any atom is 0.240 e. The van der Waals surface area contributed by atoms with Crippen molar-refractivity contribution in [2.24, 2.45) is 28.6 Å². The minimum Gasteiger partial charge on any atom is -0.395 e. The standard InChI is InChI=1S/C30H54N2O5.ClH/c1-28(2,3)18-29(4,5)31-27(36)24-26(35)25(34)23(17-33)32(24)9-7-6-8-10-37-19-30-14-20-11-21(15-30)13-22(12-20)16-30;/h20-26,33-35H,6-19H2,1-5H3,(H,31,36);1H/t20?,21?,22?,23-,24+,25-,26-,30?;/m0./s1. The van der Waals surface area contributed by atoms with Crippen molar-refractivity contribution in [3.8, 4) is 0 Å². The summed E-state index contributed by atoms with van der Waals surface area (Å²) >= 11 is 0. The topological polar surface area (TPSA) is 102 Å². The number of hydrogen-bond acceptors (Lipinski definition) is 6. The number of nitrogens with one attached hydrogen (secondary N) is 1. The first kappa shape index (κ1) is 32.1. The van der Waals surface area contributed by atoms with Crippen molar-refractivity contribution in [1.29, 1.82) is 0 Å². The smallest absolute Gasteiger partial charge is 0.240 e. The quantitative estimate of drug-likeness (QED) is 0.271. The molecule has 5 rings (SSSR count). The van der Waals surface area contributed by atoms with Gasteiger partial charge in [-0.15, -0.1) is 12.4 Å². The highest BCUT2D eigenvalue weighted by atomic mass is 35.5. The van der Waals surface area contributed by atoms with Crippen LogP contribution in [0.4, 0.5) is 0 Å². The third-order valence-electron chi connectivity index (χ3n) is 9.52. The number of amides is 1. The molecule has 0 aromatic rings. The summed E-state index contributed by atoms with van der Waals surface area (Å²) in [4.78, 5) is 15.1. The first-order valence-electron chi connectivity index (χ1n) is 14.9. The van der Waals surface area contributed by atoms with Crippen LogP contribution in [0.2, 0.25) is 0 Å². The van der Waals surface area contributed by atoms with E-state index in [0.29, 0.717) is 12.0 Å². The van der Waals surface area contributed by atoms with E-state index in [1.165, 1.54) is 38.5 Å². The molecule has 1 saturated heterocycles. The van der Waals surface area contributed by atoms with Gasteiger partial charge in [0.1, 0.15) is 12.1 Å². The molecule has 222 valence electrons. The van der Waals surface area contributed by atoms with Crippen molar-refractivity contribution in [1.82, 2.24) is 10.2 Å². The Bertz CT molecular complexity index is 750. The molecular weight excluding hydrogens is 504 g/mol. The van der Waals surface area contributed by atoms with Gasteiger partial charge in [-0.1, -0.05) is 20.8 Å². The molecule has 4 atom stereocenters. The Morgan fingerprint density at radius 2 is 1.53 bits per heavy atom. The van der Waals surface area contributed by atoms with Crippen molar-refractivity contribution in [2.45, 2.75) is 129 Å². The molecule has 0 aromatic heterocycles. The van der Waals surface area contributed by atoms with Crippen LogP contribution >= 0.6 is 12.4 Å². The highest BCUT2D eigenvalue weighted by Crippen LogP contribution is 2.60. The molecule has 4 N–H and O–H groups in total. The number of ether oxygens (including phenoxy) is 1. The number of carbonyl (C=O) groups is 1. The summed E-state index contributed by atoms with van der Waals surface area (Å²) in [6.07, 6.45) is 9.65. The van der Waals surface area contributed by atoms with Crippen molar-refractivity contribution in [3.63, 3.8) is 0 Å². The molecule has 0 unspecified atom stereocenters. The first-order chi connectivity index (χ1) is 17.3. The fraction of sp³-hybridized carbons (Fsp3) is 0.967. The number of aliphatic hydroxyl groups is 3. The van der Waals surface area contributed by atoms with Crippen LogP contribution in [0.3, 0.4) is 0 Å². The summed E-state index contributed by atoms with van der Waals surface area (Å²) in [6.45, 7) is 12.3. The Hall–Kier alpha value is -0.440. The van der Waals surface area contributed by atoms with Crippen LogP contribution in [0.1, 0.15) is 98.8 Å². The van der Waals surface area contributed by atoms with Gasteiger partial charge in [-0.25, -0.2) is 0 Å². The van der Waals surface area contributed by atoms with E-state index in [-0.39, 0.29) is 30.3 Å². The van der Waals surface area contributed by atoms with Crippen molar-refractivity contribution < 1.29 is 24.9 Å². The molecule has 0 spiro atoms. The average Bonchev–Trinajstić information content (AvgIpc) is 2.99. The molecule has 5 fully saturated rings. The molecule has 4 saturated carbocycles. The Balaban J connectivity index is 0.00000400. The lowest BCUT2D eigenvalue weighted by Gasteiger charge is -2.56.